The normalized spacial score (nSPS) is 10.3. The lowest BCUT2D eigenvalue weighted by Gasteiger charge is -2.12. The largest absolute Gasteiger partial charge is 0.489 e. The fraction of sp³-hybridized carbons (Fsp3) is 0.0952. The molecule has 0 radical (unpaired) electrons. The summed E-state index contributed by atoms with van der Waals surface area (Å²) >= 11 is 0. The minimum absolute atomic E-state index is 0.192. The SMILES string of the molecule is Cc1cc(Oc2cccc(C(=O)O)c2)ccc1OCc1ccccc1. The van der Waals surface area contributed by atoms with E-state index >= 15 is 0 Å². The van der Waals surface area contributed by atoms with Gasteiger partial charge in [-0.3, -0.25) is 0 Å². The molecule has 4 nitrogen and oxygen atoms in total. The summed E-state index contributed by atoms with van der Waals surface area (Å²) in [7, 11) is 0. The number of aromatic carboxylic acids is 1. The second-order valence-electron chi connectivity index (χ2n) is 5.64. The Balaban J connectivity index is 1.69. The molecule has 1 N–H and O–H groups in total. The van der Waals surface area contributed by atoms with Gasteiger partial charge < -0.3 is 14.6 Å². The smallest absolute Gasteiger partial charge is 0.335 e. The van der Waals surface area contributed by atoms with Crippen molar-refractivity contribution in [3.8, 4) is 17.2 Å². The zero-order valence-corrected chi connectivity index (χ0v) is 13.8. The van der Waals surface area contributed by atoms with E-state index in [9.17, 15) is 4.79 Å². The fourth-order valence-corrected chi connectivity index (χ4v) is 2.41. The van der Waals surface area contributed by atoms with Crippen LogP contribution in [0.25, 0.3) is 0 Å². The van der Waals surface area contributed by atoms with Crippen molar-refractivity contribution < 1.29 is 19.4 Å². The lowest BCUT2D eigenvalue weighted by atomic mass is 10.2. The molecule has 0 amide bonds. The predicted octanol–water partition coefficient (Wildman–Crippen LogP) is 5.06. The molecule has 0 atom stereocenters. The maximum absolute atomic E-state index is 11.0. The van der Waals surface area contributed by atoms with Crippen molar-refractivity contribution in [1.82, 2.24) is 0 Å². The molecule has 0 fully saturated rings. The quantitative estimate of drug-likeness (QED) is 0.684. The second-order valence-corrected chi connectivity index (χ2v) is 5.64. The molecule has 0 spiro atoms. The Bertz CT molecular complexity index is 872. The predicted molar refractivity (Wildman–Crippen MR) is 95.4 cm³/mol. The number of carboxylic acid groups (broad SMARTS) is 1. The monoisotopic (exact) mass is 334 g/mol. The van der Waals surface area contributed by atoms with E-state index in [1.807, 2.05) is 49.4 Å². The van der Waals surface area contributed by atoms with Crippen LogP contribution in [0.4, 0.5) is 0 Å². The Morgan fingerprint density at radius 2 is 1.68 bits per heavy atom. The molecule has 25 heavy (non-hydrogen) atoms. The van der Waals surface area contributed by atoms with Crippen molar-refractivity contribution >= 4 is 5.97 Å². The molecule has 0 saturated carbocycles. The van der Waals surface area contributed by atoms with E-state index in [1.54, 1.807) is 18.2 Å². The van der Waals surface area contributed by atoms with Crippen LogP contribution in [-0.4, -0.2) is 11.1 Å². The number of rotatable bonds is 6. The number of hydrogen-bond donors (Lipinski definition) is 1. The van der Waals surface area contributed by atoms with E-state index in [0.717, 1.165) is 16.9 Å². The Kier molecular flexibility index (Phi) is 5.00. The van der Waals surface area contributed by atoms with Crippen LogP contribution in [0.1, 0.15) is 21.5 Å². The highest BCUT2D eigenvalue weighted by atomic mass is 16.5. The average molecular weight is 334 g/mol. The van der Waals surface area contributed by atoms with Crippen LogP contribution >= 0.6 is 0 Å². The molecule has 3 aromatic rings. The highest BCUT2D eigenvalue weighted by molar-refractivity contribution is 5.88. The molecule has 0 aromatic heterocycles. The first-order chi connectivity index (χ1) is 12.1. The summed E-state index contributed by atoms with van der Waals surface area (Å²) in [5.41, 5.74) is 2.24. The van der Waals surface area contributed by atoms with Gasteiger partial charge in [-0.2, -0.15) is 0 Å². The summed E-state index contributed by atoms with van der Waals surface area (Å²) in [5, 5.41) is 9.04. The first kappa shape index (κ1) is 16.6. The molecule has 4 heteroatoms. The molecule has 0 unspecified atom stereocenters. The topological polar surface area (TPSA) is 55.8 Å². The molecule has 3 rings (SSSR count). The molecule has 0 saturated heterocycles. The Hall–Kier alpha value is -3.27. The second kappa shape index (κ2) is 7.53. The summed E-state index contributed by atoms with van der Waals surface area (Å²) in [6.45, 7) is 2.45. The van der Waals surface area contributed by atoms with E-state index in [-0.39, 0.29) is 5.56 Å². The minimum Gasteiger partial charge on any atom is -0.489 e. The standard InChI is InChI=1S/C21H18O4/c1-15-12-19(25-18-9-5-8-17(13-18)21(22)23)10-11-20(15)24-14-16-6-3-2-4-7-16/h2-13H,14H2,1H3,(H,22,23). The summed E-state index contributed by atoms with van der Waals surface area (Å²) in [6, 6.07) is 21.9. The zero-order chi connectivity index (χ0) is 17.6. The van der Waals surface area contributed by atoms with Crippen molar-refractivity contribution in [2.45, 2.75) is 13.5 Å². The van der Waals surface area contributed by atoms with Crippen LogP contribution in [0.2, 0.25) is 0 Å². The van der Waals surface area contributed by atoms with Crippen LogP contribution in [-0.2, 0) is 6.61 Å². The molecule has 0 bridgehead atoms. The van der Waals surface area contributed by atoms with Crippen molar-refractivity contribution in [3.63, 3.8) is 0 Å². The van der Waals surface area contributed by atoms with E-state index in [0.29, 0.717) is 18.1 Å². The van der Waals surface area contributed by atoms with E-state index in [1.165, 1.54) is 12.1 Å². The van der Waals surface area contributed by atoms with Gasteiger partial charge >= 0.3 is 5.97 Å². The number of benzene rings is 3. The van der Waals surface area contributed by atoms with Gasteiger partial charge in [-0.25, -0.2) is 4.79 Å². The van der Waals surface area contributed by atoms with Crippen LogP contribution in [0.15, 0.2) is 72.8 Å². The van der Waals surface area contributed by atoms with Gasteiger partial charge in [-0.05, 0) is 54.4 Å². The Morgan fingerprint density at radius 1 is 0.920 bits per heavy atom. The maximum atomic E-state index is 11.0. The molecule has 0 aliphatic heterocycles. The molecule has 0 aliphatic carbocycles. The van der Waals surface area contributed by atoms with Crippen LogP contribution in [0, 0.1) is 6.92 Å². The number of aryl methyl sites for hydroxylation is 1. The van der Waals surface area contributed by atoms with Gasteiger partial charge in [0.1, 0.15) is 23.9 Å². The van der Waals surface area contributed by atoms with Gasteiger partial charge in [0.2, 0.25) is 0 Å². The first-order valence-electron chi connectivity index (χ1n) is 7.90. The van der Waals surface area contributed by atoms with E-state index in [4.69, 9.17) is 14.6 Å². The molecule has 0 heterocycles. The molecule has 3 aromatic carbocycles. The number of carbonyl (C=O) groups is 1. The number of hydrogen-bond acceptors (Lipinski definition) is 3. The molecular formula is C21H18O4. The van der Waals surface area contributed by atoms with Gasteiger partial charge in [0.15, 0.2) is 0 Å². The lowest BCUT2D eigenvalue weighted by Crippen LogP contribution is -1.98. The molecule has 126 valence electrons. The van der Waals surface area contributed by atoms with Gasteiger partial charge in [0.05, 0.1) is 5.56 Å². The molecule has 0 aliphatic rings. The highest BCUT2D eigenvalue weighted by Gasteiger charge is 2.07. The van der Waals surface area contributed by atoms with E-state index in [2.05, 4.69) is 0 Å². The third kappa shape index (κ3) is 4.38. The molecular weight excluding hydrogens is 316 g/mol. The third-order valence-corrected chi connectivity index (χ3v) is 3.70. The summed E-state index contributed by atoms with van der Waals surface area (Å²) in [4.78, 5) is 11.0. The van der Waals surface area contributed by atoms with Gasteiger partial charge in [-0.1, -0.05) is 36.4 Å². The van der Waals surface area contributed by atoms with Crippen molar-refractivity contribution in [1.29, 1.82) is 0 Å². The van der Waals surface area contributed by atoms with Crippen molar-refractivity contribution in [2.75, 3.05) is 0 Å². The lowest BCUT2D eigenvalue weighted by molar-refractivity contribution is 0.0696. The van der Waals surface area contributed by atoms with Crippen molar-refractivity contribution in [3.05, 3.63) is 89.5 Å². The van der Waals surface area contributed by atoms with Gasteiger partial charge in [0, 0.05) is 0 Å². The first-order valence-corrected chi connectivity index (χ1v) is 7.90. The third-order valence-electron chi connectivity index (χ3n) is 3.70. The zero-order valence-electron chi connectivity index (χ0n) is 13.8. The fourth-order valence-electron chi connectivity index (χ4n) is 2.41. The summed E-state index contributed by atoms with van der Waals surface area (Å²) < 4.78 is 11.6. The van der Waals surface area contributed by atoms with Gasteiger partial charge in [0.25, 0.3) is 0 Å². The highest BCUT2D eigenvalue weighted by Crippen LogP contribution is 2.28. The Morgan fingerprint density at radius 3 is 2.40 bits per heavy atom. The average Bonchev–Trinajstić information content (AvgIpc) is 2.62. The Labute approximate surface area is 146 Å². The summed E-state index contributed by atoms with van der Waals surface area (Å²) in [5.74, 6) is 0.922. The van der Waals surface area contributed by atoms with Crippen LogP contribution in [0.5, 0.6) is 17.2 Å². The number of carboxylic acids is 1. The maximum Gasteiger partial charge on any atom is 0.335 e. The summed E-state index contributed by atoms with van der Waals surface area (Å²) in [6.07, 6.45) is 0. The minimum atomic E-state index is -0.980. The van der Waals surface area contributed by atoms with Crippen molar-refractivity contribution in [2.24, 2.45) is 0 Å². The van der Waals surface area contributed by atoms with E-state index < -0.39 is 5.97 Å². The van der Waals surface area contributed by atoms with Gasteiger partial charge in [-0.15, -0.1) is 0 Å². The number of ether oxygens (including phenoxy) is 2. The van der Waals surface area contributed by atoms with Crippen LogP contribution in [0.3, 0.4) is 0 Å². The van der Waals surface area contributed by atoms with Crippen LogP contribution < -0.4 is 9.47 Å².